The molecule has 0 bridgehead atoms. The van der Waals surface area contributed by atoms with Crippen LogP contribution in [-0.2, 0) is 7.05 Å². The standard InChI is InChI=1S/C18H23N3S2.C2H6/c1-13(10-19)5-6-14(2)23-17-8-15(7-16(9-17)22-4)18-11-21(3)12-20-18;1-2/h5-9,11-12H,10,19H2,1-4H3;1-2H3/b13-5+,14-6+;. The maximum atomic E-state index is 5.62. The quantitative estimate of drug-likeness (QED) is 0.517. The van der Waals surface area contributed by atoms with Crippen LogP contribution in [0, 0.1) is 0 Å². The number of allylic oxidation sites excluding steroid dienone is 3. The first kappa shape index (κ1) is 21.6. The van der Waals surface area contributed by atoms with Crippen molar-refractivity contribution in [2.45, 2.75) is 37.5 Å². The van der Waals surface area contributed by atoms with Gasteiger partial charge in [-0.25, -0.2) is 4.98 Å². The third-order valence-corrected chi connectivity index (χ3v) is 4.96. The summed E-state index contributed by atoms with van der Waals surface area (Å²) in [7, 11) is 1.99. The molecule has 1 aromatic carbocycles. The SMILES string of the molecule is CC.CSc1cc(S/C(C)=C/C=C(\C)CN)cc(-c2cn(C)cn2)c1. The van der Waals surface area contributed by atoms with E-state index < -0.39 is 0 Å². The Bertz CT molecular complexity index is 730. The summed E-state index contributed by atoms with van der Waals surface area (Å²) in [4.78, 5) is 8.17. The number of nitrogens with two attached hydrogens (primary N) is 1. The fourth-order valence-electron chi connectivity index (χ4n) is 2.01. The number of thioether (sulfide) groups is 2. The zero-order valence-electron chi connectivity index (χ0n) is 16.0. The molecule has 0 aliphatic rings. The van der Waals surface area contributed by atoms with Gasteiger partial charge in [0, 0.05) is 35.1 Å². The van der Waals surface area contributed by atoms with E-state index in [0.29, 0.717) is 6.54 Å². The number of hydrogen-bond acceptors (Lipinski definition) is 4. The van der Waals surface area contributed by atoms with E-state index in [4.69, 9.17) is 5.73 Å². The Balaban J connectivity index is 0.00000151. The van der Waals surface area contributed by atoms with Crippen LogP contribution in [0.25, 0.3) is 11.3 Å². The van der Waals surface area contributed by atoms with Crippen molar-refractivity contribution in [1.82, 2.24) is 9.55 Å². The smallest absolute Gasteiger partial charge is 0.0951 e. The lowest BCUT2D eigenvalue weighted by atomic mass is 10.2. The van der Waals surface area contributed by atoms with Crippen LogP contribution in [0.5, 0.6) is 0 Å². The number of imidazole rings is 1. The number of benzene rings is 1. The summed E-state index contributed by atoms with van der Waals surface area (Å²) in [5.74, 6) is 0. The Morgan fingerprint density at radius 2 is 1.84 bits per heavy atom. The molecule has 2 aromatic rings. The number of nitrogens with zero attached hydrogens (tertiary/aromatic N) is 2. The Morgan fingerprint density at radius 1 is 1.16 bits per heavy atom. The number of aryl methyl sites for hydroxylation is 1. The molecule has 0 aliphatic carbocycles. The zero-order valence-corrected chi connectivity index (χ0v) is 17.7. The van der Waals surface area contributed by atoms with Crippen LogP contribution >= 0.6 is 23.5 Å². The van der Waals surface area contributed by atoms with E-state index in [1.807, 2.05) is 44.9 Å². The number of hydrogen-bond donors (Lipinski definition) is 1. The summed E-state index contributed by atoms with van der Waals surface area (Å²) in [6.45, 7) is 8.76. The summed E-state index contributed by atoms with van der Waals surface area (Å²) in [6, 6.07) is 6.61. The third-order valence-electron chi connectivity index (χ3n) is 3.32. The molecule has 1 aromatic heterocycles. The van der Waals surface area contributed by atoms with Gasteiger partial charge in [0.1, 0.15) is 0 Å². The monoisotopic (exact) mass is 375 g/mol. The molecule has 0 saturated heterocycles. The molecule has 2 rings (SSSR count). The highest BCUT2D eigenvalue weighted by Crippen LogP contribution is 2.33. The molecule has 0 fully saturated rings. The molecule has 0 amide bonds. The van der Waals surface area contributed by atoms with Crippen molar-refractivity contribution in [2.75, 3.05) is 12.8 Å². The lowest BCUT2D eigenvalue weighted by molar-refractivity contribution is 0.913. The van der Waals surface area contributed by atoms with Crippen LogP contribution in [0.15, 0.2) is 63.1 Å². The summed E-state index contributed by atoms with van der Waals surface area (Å²) in [5.41, 5.74) is 8.96. The summed E-state index contributed by atoms with van der Waals surface area (Å²) < 4.78 is 1.97. The molecule has 0 unspecified atom stereocenters. The van der Waals surface area contributed by atoms with E-state index in [0.717, 1.165) is 11.3 Å². The molecule has 5 heteroatoms. The highest BCUT2D eigenvalue weighted by molar-refractivity contribution is 8.03. The van der Waals surface area contributed by atoms with Gasteiger partial charge in [-0.15, -0.1) is 11.8 Å². The zero-order chi connectivity index (χ0) is 18.8. The topological polar surface area (TPSA) is 43.8 Å². The summed E-state index contributed by atoms with van der Waals surface area (Å²) >= 11 is 3.52. The number of aromatic nitrogens is 2. The van der Waals surface area contributed by atoms with Crippen LogP contribution in [0.2, 0.25) is 0 Å². The van der Waals surface area contributed by atoms with Gasteiger partial charge in [0.25, 0.3) is 0 Å². The molecule has 25 heavy (non-hydrogen) atoms. The molecular formula is C20H29N3S2. The first-order chi connectivity index (χ1) is 12.0. The van der Waals surface area contributed by atoms with Gasteiger partial charge in [0.05, 0.1) is 12.0 Å². The second kappa shape index (κ2) is 11.2. The van der Waals surface area contributed by atoms with E-state index in [2.05, 4.69) is 48.5 Å². The predicted molar refractivity (Wildman–Crippen MR) is 114 cm³/mol. The molecule has 1 heterocycles. The number of rotatable bonds is 6. The average molecular weight is 376 g/mol. The molecule has 0 radical (unpaired) electrons. The van der Waals surface area contributed by atoms with E-state index in [-0.39, 0.29) is 0 Å². The van der Waals surface area contributed by atoms with Gasteiger partial charge < -0.3 is 10.3 Å². The van der Waals surface area contributed by atoms with Crippen LogP contribution in [0.1, 0.15) is 27.7 Å². The Hall–Kier alpha value is -1.43. The second-order valence-electron chi connectivity index (χ2n) is 5.42. The first-order valence-electron chi connectivity index (χ1n) is 8.41. The van der Waals surface area contributed by atoms with E-state index in [1.165, 1.54) is 20.3 Å². The molecule has 0 atom stereocenters. The van der Waals surface area contributed by atoms with Crippen LogP contribution in [0.4, 0.5) is 0 Å². The van der Waals surface area contributed by atoms with Crippen LogP contribution in [-0.4, -0.2) is 22.4 Å². The minimum absolute atomic E-state index is 0.597. The van der Waals surface area contributed by atoms with Gasteiger partial charge in [0.2, 0.25) is 0 Å². The Kier molecular flexibility index (Phi) is 9.71. The molecule has 0 spiro atoms. The molecule has 3 nitrogen and oxygen atoms in total. The van der Waals surface area contributed by atoms with Gasteiger partial charge in [-0.1, -0.05) is 43.3 Å². The lowest BCUT2D eigenvalue weighted by Crippen LogP contribution is -1.98. The maximum absolute atomic E-state index is 5.62. The van der Waals surface area contributed by atoms with Gasteiger partial charge in [-0.05, 0) is 43.2 Å². The molecule has 0 aliphatic heterocycles. The largest absolute Gasteiger partial charge is 0.340 e. The normalized spacial score (nSPS) is 12.0. The maximum Gasteiger partial charge on any atom is 0.0951 e. The third kappa shape index (κ3) is 7.14. The highest BCUT2D eigenvalue weighted by atomic mass is 32.2. The van der Waals surface area contributed by atoms with E-state index >= 15 is 0 Å². The van der Waals surface area contributed by atoms with Gasteiger partial charge in [-0.3, -0.25) is 0 Å². The van der Waals surface area contributed by atoms with Crippen molar-refractivity contribution in [3.05, 3.63) is 53.4 Å². The fourth-order valence-corrected chi connectivity index (χ4v) is 3.45. The van der Waals surface area contributed by atoms with Crippen LogP contribution < -0.4 is 5.73 Å². The van der Waals surface area contributed by atoms with E-state index in [9.17, 15) is 0 Å². The van der Waals surface area contributed by atoms with Gasteiger partial charge >= 0.3 is 0 Å². The minimum atomic E-state index is 0.597. The van der Waals surface area contributed by atoms with E-state index in [1.54, 1.807) is 23.5 Å². The van der Waals surface area contributed by atoms with Crippen molar-refractivity contribution >= 4 is 23.5 Å². The van der Waals surface area contributed by atoms with Crippen molar-refractivity contribution < 1.29 is 0 Å². The van der Waals surface area contributed by atoms with Gasteiger partial charge in [-0.2, -0.15) is 0 Å². The van der Waals surface area contributed by atoms with Crippen molar-refractivity contribution in [2.24, 2.45) is 12.8 Å². The fraction of sp³-hybridized carbons (Fsp3) is 0.350. The van der Waals surface area contributed by atoms with Gasteiger partial charge in [0.15, 0.2) is 0 Å². The molecule has 136 valence electrons. The second-order valence-corrected chi connectivity index (χ2v) is 7.62. The lowest BCUT2D eigenvalue weighted by Gasteiger charge is -2.07. The van der Waals surface area contributed by atoms with Crippen LogP contribution in [0.3, 0.4) is 0 Å². The Morgan fingerprint density at radius 3 is 2.40 bits per heavy atom. The van der Waals surface area contributed by atoms with Crippen molar-refractivity contribution in [1.29, 1.82) is 0 Å². The summed E-state index contributed by atoms with van der Waals surface area (Å²) in [6.07, 6.45) is 10.2. The molecule has 0 saturated carbocycles. The average Bonchev–Trinajstić information content (AvgIpc) is 3.07. The minimum Gasteiger partial charge on any atom is -0.340 e. The Labute approximate surface area is 160 Å². The highest BCUT2D eigenvalue weighted by Gasteiger charge is 2.06. The summed E-state index contributed by atoms with van der Waals surface area (Å²) in [5, 5.41) is 0. The molecule has 2 N–H and O–H groups in total. The van der Waals surface area contributed by atoms with Crippen molar-refractivity contribution in [3.8, 4) is 11.3 Å². The van der Waals surface area contributed by atoms with Crippen molar-refractivity contribution in [3.63, 3.8) is 0 Å². The first-order valence-corrected chi connectivity index (χ1v) is 10.5. The molecular weight excluding hydrogens is 346 g/mol. The predicted octanol–water partition coefficient (Wildman–Crippen LogP) is 5.74.